The largest absolute Gasteiger partial charge is 0.373 e. The van der Waals surface area contributed by atoms with Crippen molar-refractivity contribution in [2.45, 2.75) is 18.6 Å². The molecule has 1 amide bonds. The highest BCUT2D eigenvalue weighted by Crippen LogP contribution is 2.26. The Bertz CT molecular complexity index is 1390. The van der Waals surface area contributed by atoms with Gasteiger partial charge in [-0.1, -0.05) is 0 Å². The molecule has 0 aliphatic heterocycles. The molecule has 4 aromatic rings. The zero-order valence-electron chi connectivity index (χ0n) is 17.3. The number of halogens is 1. The standard InChI is InChI=1S/C20H20FN9O2/c1-22-17-9-15(24-13-4-3-6-29(20(13)32)16-5-7-28(2)27-16)26-18-11(10-23-30(17)18)19(31)25-14-8-12(14)21/h3-7,9-10,12,14,22H,8H2,1-2H3,(H,24,26)(H,25,31)/t12-,14+/m1/s1. The maximum atomic E-state index is 13.2. The SMILES string of the molecule is CNc1cc(Nc2cccn(-c3ccn(C)n3)c2=O)nc2c(C(=O)N[C@H]3C[C@H]3F)cnn12. The smallest absolute Gasteiger partial charge is 0.280 e. The van der Waals surface area contributed by atoms with E-state index in [4.69, 9.17) is 0 Å². The van der Waals surface area contributed by atoms with E-state index in [0.717, 1.165) is 0 Å². The molecule has 12 heteroatoms. The molecule has 11 nitrogen and oxygen atoms in total. The summed E-state index contributed by atoms with van der Waals surface area (Å²) in [6, 6.07) is 6.27. The van der Waals surface area contributed by atoms with Crippen molar-refractivity contribution < 1.29 is 9.18 Å². The number of hydrogen-bond donors (Lipinski definition) is 3. The first-order chi connectivity index (χ1) is 15.4. The molecule has 0 saturated heterocycles. The molecule has 0 aromatic carbocycles. The molecule has 4 heterocycles. The van der Waals surface area contributed by atoms with E-state index in [1.165, 1.54) is 15.3 Å². The Morgan fingerprint density at radius 1 is 1.28 bits per heavy atom. The number of nitrogens with one attached hydrogen (secondary N) is 3. The van der Waals surface area contributed by atoms with Crippen LogP contribution in [0.4, 0.5) is 21.7 Å². The minimum absolute atomic E-state index is 0.211. The number of carbonyl (C=O) groups excluding carboxylic acids is 1. The zero-order chi connectivity index (χ0) is 22.4. The predicted molar refractivity (Wildman–Crippen MR) is 115 cm³/mol. The van der Waals surface area contributed by atoms with Gasteiger partial charge in [0.15, 0.2) is 11.5 Å². The number of amides is 1. The fourth-order valence-electron chi connectivity index (χ4n) is 3.36. The number of aryl methyl sites for hydroxylation is 1. The van der Waals surface area contributed by atoms with E-state index in [1.807, 2.05) is 0 Å². The van der Waals surface area contributed by atoms with Gasteiger partial charge in [0.05, 0.1) is 12.2 Å². The van der Waals surface area contributed by atoms with Gasteiger partial charge in [0.2, 0.25) is 0 Å². The Hall–Kier alpha value is -4.22. The number of aromatic nitrogens is 6. The van der Waals surface area contributed by atoms with Crippen molar-refractivity contribution in [3.05, 3.63) is 58.8 Å². The van der Waals surface area contributed by atoms with E-state index in [0.29, 0.717) is 23.9 Å². The summed E-state index contributed by atoms with van der Waals surface area (Å²) >= 11 is 0. The van der Waals surface area contributed by atoms with Crippen molar-refractivity contribution in [3.63, 3.8) is 0 Å². The lowest BCUT2D eigenvalue weighted by molar-refractivity contribution is 0.0949. The third-order valence-electron chi connectivity index (χ3n) is 5.16. The summed E-state index contributed by atoms with van der Waals surface area (Å²) < 4.78 is 17.7. The summed E-state index contributed by atoms with van der Waals surface area (Å²) in [6.07, 6.45) is 4.05. The molecule has 1 aliphatic rings. The second kappa shape index (κ2) is 7.48. The number of rotatable bonds is 6. The van der Waals surface area contributed by atoms with E-state index in [-0.39, 0.29) is 22.5 Å². The number of nitrogens with zero attached hydrogens (tertiary/aromatic N) is 6. The van der Waals surface area contributed by atoms with Crippen molar-refractivity contribution in [1.82, 2.24) is 34.3 Å². The molecule has 1 aliphatic carbocycles. The van der Waals surface area contributed by atoms with Crippen molar-refractivity contribution in [2.75, 3.05) is 17.7 Å². The van der Waals surface area contributed by atoms with Gasteiger partial charge in [-0.3, -0.25) is 18.8 Å². The molecular weight excluding hydrogens is 417 g/mol. The first-order valence-electron chi connectivity index (χ1n) is 9.95. The first-order valence-corrected chi connectivity index (χ1v) is 9.95. The van der Waals surface area contributed by atoms with E-state index >= 15 is 0 Å². The van der Waals surface area contributed by atoms with Gasteiger partial charge in [-0.15, -0.1) is 0 Å². The van der Waals surface area contributed by atoms with Gasteiger partial charge in [-0.05, 0) is 12.1 Å². The van der Waals surface area contributed by atoms with Crippen LogP contribution >= 0.6 is 0 Å². The van der Waals surface area contributed by atoms with Crippen LogP contribution < -0.4 is 21.5 Å². The Kier molecular flexibility index (Phi) is 4.61. The van der Waals surface area contributed by atoms with Crippen LogP contribution in [0.1, 0.15) is 16.8 Å². The highest BCUT2D eigenvalue weighted by atomic mass is 19.1. The van der Waals surface area contributed by atoms with Crippen LogP contribution in [0.25, 0.3) is 11.5 Å². The second-order valence-corrected chi connectivity index (χ2v) is 7.47. The highest BCUT2D eigenvalue weighted by Gasteiger charge is 2.39. The molecule has 32 heavy (non-hydrogen) atoms. The van der Waals surface area contributed by atoms with E-state index in [2.05, 4.69) is 31.1 Å². The normalized spacial score (nSPS) is 17.3. The van der Waals surface area contributed by atoms with Gasteiger partial charge in [0.25, 0.3) is 11.5 Å². The van der Waals surface area contributed by atoms with Crippen molar-refractivity contribution >= 4 is 28.9 Å². The van der Waals surface area contributed by atoms with Crippen molar-refractivity contribution in [2.24, 2.45) is 7.05 Å². The molecule has 5 rings (SSSR count). The van der Waals surface area contributed by atoms with Crippen LogP contribution in [0, 0.1) is 0 Å². The molecular formula is C20H20FN9O2. The monoisotopic (exact) mass is 437 g/mol. The third-order valence-corrected chi connectivity index (χ3v) is 5.16. The quantitative estimate of drug-likeness (QED) is 0.415. The molecule has 0 unspecified atom stereocenters. The number of fused-ring (bicyclic) bond motifs is 1. The molecule has 2 atom stereocenters. The van der Waals surface area contributed by atoms with Crippen LogP contribution in [-0.4, -0.2) is 54.1 Å². The molecule has 1 saturated carbocycles. The lowest BCUT2D eigenvalue weighted by Crippen LogP contribution is -2.27. The van der Waals surface area contributed by atoms with E-state index in [1.54, 1.807) is 55.4 Å². The summed E-state index contributed by atoms with van der Waals surface area (Å²) in [5.41, 5.74) is 0.450. The molecule has 0 bridgehead atoms. The summed E-state index contributed by atoms with van der Waals surface area (Å²) in [5, 5.41) is 17.1. The molecule has 164 valence electrons. The Morgan fingerprint density at radius 2 is 2.09 bits per heavy atom. The van der Waals surface area contributed by atoms with Gasteiger partial charge in [-0.25, -0.2) is 9.37 Å². The van der Waals surface area contributed by atoms with Crippen molar-refractivity contribution in [3.8, 4) is 5.82 Å². The van der Waals surface area contributed by atoms with Crippen LogP contribution in [0.3, 0.4) is 0 Å². The molecule has 3 N–H and O–H groups in total. The van der Waals surface area contributed by atoms with Crippen LogP contribution in [0.15, 0.2) is 47.7 Å². The number of anilines is 3. The lowest BCUT2D eigenvalue weighted by Gasteiger charge is -2.11. The van der Waals surface area contributed by atoms with Crippen LogP contribution in [-0.2, 0) is 7.05 Å². The van der Waals surface area contributed by atoms with Crippen LogP contribution in [0.2, 0.25) is 0 Å². The van der Waals surface area contributed by atoms with Gasteiger partial charge < -0.3 is 16.0 Å². The van der Waals surface area contributed by atoms with Crippen LogP contribution in [0.5, 0.6) is 0 Å². The zero-order valence-corrected chi connectivity index (χ0v) is 17.3. The summed E-state index contributed by atoms with van der Waals surface area (Å²) in [7, 11) is 3.47. The second-order valence-electron chi connectivity index (χ2n) is 7.47. The minimum Gasteiger partial charge on any atom is -0.373 e. The van der Waals surface area contributed by atoms with E-state index < -0.39 is 18.1 Å². The topological polar surface area (TPSA) is 123 Å². The fraction of sp³-hybridized carbons (Fsp3) is 0.250. The lowest BCUT2D eigenvalue weighted by atomic mass is 10.3. The number of alkyl halides is 1. The number of hydrogen-bond acceptors (Lipinski definition) is 7. The summed E-state index contributed by atoms with van der Waals surface area (Å²) in [6.45, 7) is 0. The Balaban J connectivity index is 1.51. The average Bonchev–Trinajstić information content (AvgIpc) is 3.14. The average molecular weight is 437 g/mol. The molecule has 0 radical (unpaired) electrons. The number of carbonyl (C=O) groups is 1. The maximum absolute atomic E-state index is 13.2. The summed E-state index contributed by atoms with van der Waals surface area (Å²) in [5.74, 6) is 0.921. The molecule has 0 spiro atoms. The number of pyridine rings is 1. The Labute approximate surface area is 180 Å². The third kappa shape index (κ3) is 3.45. The van der Waals surface area contributed by atoms with Gasteiger partial charge in [0.1, 0.15) is 29.1 Å². The van der Waals surface area contributed by atoms with E-state index in [9.17, 15) is 14.0 Å². The molecule has 4 aromatic heterocycles. The maximum Gasteiger partial charge on any atom is 0.280 e. The highest BCUT2D eigenvalue weighted by molar-refractivity contribution is 6.00. The van der Waals surface area contributed by atoms with Gasteiger partial charge in [0, 0.05) is 45.0 Å². The van der Waals surface area contributed by atoms with Gasteiger partial charge >= 0.3 is 0 Å². The van der Waals surface area contributed by atoms with Crippen molar-refractivity contribution in [1.29, 1.82) is 0 Å². The fourth-order valence-corrected chi connectivity index (χ4v) is 3.36. The first kappa shape index (κ1) is 19.7. The minimum atomic E-state index is -1.02. The predicted octanol–water partition coefficient (Wildman–Crippen LogP) is 1.24. The van der Waals surface area contributed by atoms with Gasteiger partial charge in [-0.2, -0.15) is 14.7 Å². The molecule has 1 fully saturated rings. The Morgan fingerprint density at radius 3 is 2.78 bits per heavy atom. The summed E-state index contributed by atoms with van der Waals surface area (Å²) in [4.78, 5) is 30.0.